The SMILES string of the molecule is Cc1ccc2cn(CC3CCCN3)nc2c1. The zero-order valence-corrected chi connectivity index (χ0v) is 9.61. The van der Waals surface area contributed by atoms with Crippen molar-refractivity contribution in [1.82, 2.24) is 15.1 Å². The van der Waals surface area contributed by atoms with Gasteiger partial charge in [0.1, 0.15) is 0 Å². The van der Waals surface area contributed by atoms with Gasteiger partial charge in [0.15, 0.2) is 0 Å². The number of fused-ring (bicyclic) bond motifs is 1. The molecule has 2 aromatic rings. The molecule has 16 heavy (non-hydrogen) atoms. The maximum atomic E-state index is 4.61. The van der Waals surface area contributed by atoms with E-state index in [1.165, 1.54) is 23.8 Å². The average molecular weight is 215 g/mol. The molecule has 1 saturated heterocycles. The first-order chi connectivity index (χ1) is 7.81. The molecule has 0 aliphatic carbocycles. The van der Waals surface area contributed by atoms with Gasteiger partial charge in [-0.1, -0.05) is 12.1 Å². The predicted molar refractivity (Wildman–Crippen MR) is 65.5 cm³/mol. The Balaban J connectivity index is 1.86. The number of nitrogens with zero attached hydrogens (tertiary/aromatic N) is 2. The molecule has 1 aromatic heterocycles. The minimum atomic E-state index is 0.607. The Labute approximate surface area is 95.5 Å². The van der Waals surface area contributed by atoms with Crippen molar-refractivity contribution in [2.45, 2.75) is 32.4 Å². The lowest BCUT2D eigenvalue weighted by molar-refractivity contribution is 0.479. The van der Waals surface area contributed by atoms with Crippen molar-refractivity contribution in [2.75, 3.05) is 6.54 Å². The zero-order chi connectivity index (χ0) is 11.0. The van der Waals surface area contributed by atoms with Gasteiger partial charge in [-0.3, -0.25) is 4.68 Å². The Bertz CT molecular complexity index is 495. The molecule has 1 aliphatic rings. The standard InChI is InChI=1S/C13H17N3/c1-10-4-5-11-8-16(15-13(11)7-10)9-12-3-2-6-14-12/h4-5,7-8,12,14H,2-3,6,9H2,1H3. The molecular weight excluding hydrogens is 198 g/mol. The first-order valence-corrected chi connectivity index (χ1v) is 5.98. The fourth-order valence-corrected chi connectivity index (χ4v) is 2.41. The number of rotatable bonds is 2. The molecule has 0 saturated carbocycles. The summed E-state index contributed by atoms with van der Waals surface area (Å²) in [7, 11) is 0. The summed E-state index contributed by atoms with van der Waals surface area (Å²) in [5.74, 6) is 0. The van der Waals surface area contributed by atoms with Crippen molar-refractivity contribution in [3.05, 3.63) is 30.0 Å². The molecule has 0 radical (unpaired) electrons. The van der Waals surface area contributed by atoms with Crippen LogP contribution in [0, 0.1) is 6.92 Å². The van der Waals surface area contributed by atoms with Gasteiger partial charge in [0.25, 0.3) is 0 Å². The monoisotopic (exact) mass is 215 g/mol. The zero-order valence-electron chi connectivity index (χ0n) is 9.61. The Kier molecular flexibility index (Phi) is 2.40. The van der Waals surface area contributed by atoms with Gasteiger partial charge < -0.3 is 5.32 Å². The van der Waals surface area contributed by atoms with Gasteiger partial charge in [-0.05, 0) is 37.9 Å². The highest BCUT2D eigenvalue weighted by Crippen LogP contribution is 2.15. The van der Waals surface area contributed by atoms with Crippen LogP contribution in [0.15, 0.2) is 24.4 Å². The molecule has 2 heterocycles. The van der Waals surface area contributed by atoms with Gasteiger partial charge in [-0.15, -0.1) is 0 Å². The van der Waals surface area contributed by atoms with Crippen LogP contribution in [0.25, 0.3) is 10.9 Å². The lowest BCUT2D eigenvalue weighted by Crippen LogP contribution is -2.26. The molecule has 1 aliphatic heterocycles. The summed E-state index contributed by atoms with van der Waals surface area (Å²) in [4.78, 5) is 0. The molecule has 1 unspecified atom stereocenters. The number of nitrogens with one attached hydrogen (secondary N) is 1. The lowest BCUT2D eigenvalue weighted by Gasteiger charge is -2.09. The van der Waals surface area contributed by atoms with Crippen LogP contribution in [-0.2, 0) is 6.54 Å². The molecule has 0 spiro atoms. The molecule has 3 heteroatoms. The second kappa shape index (κ2) is 3.91. The Morgan fingerprint density at radius 2 is 2.44 bits per heavy atom. The van der Waals surface area contributed by atoms with Gasteiger partial charge in [0.2, 0.25) is 0 Å². The van der Waals surface area contributed by atoms with Crippen LogP contribution in [0.2, 0.25) is 0 Å². The molecule has 1 aromatic carbocycles. The van der Waals surface area contributed by atoms with Crippen LogP contribution < -0.4 is 5.32 Å². The summed E-state index contributed by atoms with van der Waals surface area (Å²) in [5, 5.41) is 9.35. The van der Waals surface area contributed by atoms with E-state index in [0.29, 0.717) is 6.04 Å². The molecule has 0 bridgehead atoms. The van der Waals surface area contributed by atoms with Crippen molar-refractivity contribution < 1.29 is 0 Å². The van der Waals surface area contributed by atoms with E-state index in [-0.39, 0.29) is 0 Å². The van der Waals surface area contributed by atoms with Gasteiger partial charge in [0.05, 0.1) is 12.1 Å². The van der Waals surface area contributed by atoms with Gasteiger partial charge in [0, 0.05) is 17.6 Å². The van der Waals surface area contributed by atoms with Crippen molar-refractivity contribution in [3.8, 4) is 0 Å². The Morgan fingerprint density at radius 1 is 1.50 bits per heavy atom. The highest BCUT2D eigenvalue weighted by Gasteiger charge is 2.14. The van der Waals surface area contributed by atoms with Crippen molar-refractivity contribution >= 4 is 10.9 Å². The summed E-state index contributed by atoms with van der Waals surface area (Å²) in [5.41, 5.74) is 2.38. The molecule has 84 valence electrons. The smallest absolute Gasteiger partial charge is 0.0925 e. The summed E-state index contributed by atoms with van der Waals surface area (Å²) < 4.78 is 2.08. The van der Waals surface area contributed by atoms with Crippen molar-refractivity contribution in [2.24, 2.45) is 0 Å². The van der Waals surface area contributed by atoms with Gasteiger partial charge in [-0.25, -0.2) is 0 Å². The van der Waals surface area contributed by atoms with Crippen LogP contribution >= 0.6 is 0 Å². The highest BCUT2D eigenvalue weighted by atomic mass is 15.3. The van der Waals surface area contributed by atoms with Gasteiger partial charge in [-0.2, -0.15) is 5.10 Å². The first-order valence-electron chi connectivity index (χ1n) is 5.98. The molecule has 3 nitrogen and oxygen atoms in total. The molecule has 1 N–H and O–H groups in total. The van der Waals surface area contributed by atoms with Gasteiger partial charge >= 0.3 is 0 Å². The van der Waals surface area contributed by atoms with Crippen molar-refractivity contribution in [3.63, 3.8) is 0 Å². The molecule has 3 rings (SSSR count). The van der Waals surface area contributed by atoms with Crippen LogP contribution in [-0.4, -0.2) is 22.4 Å². The summed E-state index contributed by atoms with van der Waals surface area (Å²) in [6.07, 6.45) is 4.72. The Hall–Kier alpha value is -1.35. The van der Waals surface area contributed by atoms with E-state index < -0.39 is 0 Å². The largest absolute Gasteiger partial charge is 0.312 e. The van der Waals surface area contributed by atoms with E-state index >= 15 is 0 Å². The summed E-state index contributed by atoms with van der Waals surface area (Å²) in [6.45, 7) is 4.26. The lowest BCUT2D eigenvalue weighted by atomic mass is 10.2. The second-order valence-electron chi connectivity index (χ2n) is 4.71. The van der Waals surface area contributed by atoms with E-state index in [4.69, 9.17) is 0 Å². The average Bonchev–Trinajstić information content (AvgIpc) is 2.86. The van der Waals surface area contributed by atoms with E-state index in [1.807, 2.05) is 0 Å². The Morgan fingerprint density at radius 3 is 3.25 bits per heavy atom. The second-order valence-corrected chi connectivity index (χ2v) is 4.71. The molecule has 1 fully saturated rings. The number of hydrogen-bond donors (Lipinski definition) is 1. The van der Waals surface area contributed by atoms with E-state index in [0.717, 1.165) is 18.6 Å². The van der Waals surface area contributed by atoms with Crippen LogP contribution in [0.1, 0.15) is 18.4 Å². The van der Waals surface area contributed by atoms with E-state index in [9.17, 15) is 0 Å². The van der Waals surface area contributed by atoms with Crippen LogP contribution in [0.5, 0.6) is 0 Å². The quantitative estimate of drug-likeness (QED) is 0.831. The van der Waals surface area contributed by atoms with E-state index in [1.54, 1.807) is 0 Å². The first kappa shape index (κ1) is 9.85. The van der Waals surface area contributed by atoms with E-state index in [2.05, 4.69) is 46.4 Å². The fraction of sp³-hybridized carbons (Fsp3) is 0.462. The number of aryl methyl sites for hydroxylation is 1. The fourth-order valence-electron chi connectivity index (χ4n) is 2.41. The van der Waals surface area contributed by atoms with Crippen LogP contribution in [0.4, 0.5) is 0 Å². The summed E-state index contributed by atoms with van der Waals surface area (Å²) >= 11 is 0. The highest BCUT2D eigenvalue weighted by molar-refractivity contribution is 5.78. The third kappa shape index (κ3) is 1.83. The van der Waals surface area contributed by atoms with Crippen LogP contribution in [0.3, 0.4) is 0 Å². The molecule has 0 amide bonds. The number of benzene rings is 1. The molecule has 1 atom stereocenters. The third-order valence-electron chi connectivity index (χ3n) is 3.28. The maximum absolute atomic E-state index is 4.61. The normalized spacial score (nSPS) is 20.7. The topological polar surface area (TPSA) is 29.9 Å². The maximum Gasteiger partial charge on any atom is 0.0925 e. The number of hydrogen-bond acceptors (Lipinski definition) is 2. The minimum Gasteiger partial charge on any atom is -0.312 e. The minimum absolute atomic E-state index is 0.607. The molecular formula is C13H17N3. The predicted octanol–water partition coefficient (Wildman–Crippen LogP) is 2.10. The number of aromatic nitrogens is 2. The summed E-state index contributed by atoms with van der Waals surface area (Å²) in [6, 6.07) is 7.04. The van der Waals surface area contributed by atoms with Crippen molar-refractivity contribution in [1.29, 1.82) is 0 Å². The third-order valence-corrected chi connectivity index (χ3v) is 3.28.